The highest BCUT2D eigenvalue weighted by molar-refractivity contribution is 7.91. The van der Waals surface area contributed by atoms with Gasteiger partial charge in [-0.25, -0.2) is 8.42 Å². The molecule has 4 nitrogen and oxygen atoms in total. The molecule has 1 atom stereocenters. The van der Waals surface area contributed by atoms with Crippen molar-refractivity contribution in [2.45, 2.75) is 10.9 Å². The highest BCUT2D eigenvalue weighted by Gasteiger charge is 2.36. The molecule has 1 heterocycles. The van der Waals surface area contributed by atoms with Crippen molar-refractivity contribution >= 4 is 9.84 Å². The molecule has 0 radical (unpaired) electrons. The summed E-state index contributed by atoms with van der Waals surface area (Å²) >= 11 is 0. The maximum Gasteiger partial charge on any atom is 0.180 e. The summed E-state index contributed by atoms with van der Waals surface area (Å²) in [5, 5.41) is 3.08. The van der Waals surface area contributed by atoms with E-state index in [0.717, 1.165) is 18.7 Å². The number of fused-ring (bicyclic) bond motifs is 1. The van der Waals surface area contributed by atoms with Gasteiger partial charge in [0.2, 0.25) is 0 Å². The summed E-state index contributed by atoms with van der Waals surface area (Å²) < 4.78 is 24.0. The average molecular weight is 254 g/mol. The Balaban J connectivity index is 2.29. The molecule has 1 unspecified atom stereocenters. The Morgan fingerprint density at radius 2 is 2.12 bits per heavy atom. The number of hydrogen-bond acceptors (Lipinski definition) is 4. The van der Waals surface area contributed by atoms with Crippen LogP contribution in [-0.2, 0) is 9.84 Å². The third-order valence-electron chi connectivity index (χ3n) is 3.24. The molecular weight excluding hydrogens is 236 g/mol. The van der Waals surface area contributed by atoms with Crippen molar-refractivity contribution in [1.82, 2.24) is 10.2 Å². The fourth-order valence-corrected chi connectivity index (χ4v) is 4.11. The van der Waals surface area contributed by atoms with Crippen molar-refractivity contribution in [3.05, 3.63) is 29.8 Å². The molecule has 0 bridgehead atoms. The second-order valence-corrected chi connectivity index (χ2v) is 6.42. The fraction of sp³-hybridized carbons (Fsp3) is 0.500. The molecule has 0 saturated heterocycles. The molecule has 0 fully saturated rings. The Kier molecular flexibility index (Phi) is 3.51. The van der Waals surface area contributed by atoms with E-state index in [1.165, 1.54) is 0 Å². The predicted molar refractivity (Wildman–Crippen MR) is 67.8 cm³/mol. The van der Waals surface area contributed by atoms with Crippen LogP contribution in [0.4, 0.5) is 0 Å². The first-order chi connectivity index (χ1) is 8.06. The van der Waals surface area contributed by atoms with E-state index in [1.54, 1.807) is 12.1 Å². The zero-order valence-corrected chi connectivity index (χ0v) is 11.0. The number of hydrogen-bond donors (Lipinski definition) is 1. The van der Waals surface area contributed by atoms with E-state index in [-0.39, 0.29) is 11.8 Å². The Bertz CT molecular complexity index is 499. The van der Waals surface area contributed by atoms with Gasteiger partial charge in [-0.3, -0.25) is 4.90 Å². The summed E-state index contributed by atoms with van der Waals surface area (Å²) in [6, 6.07) is 7.30. The van der Waals surface area contributed by atoms with E-state index in [9.17, 15) is 8.42 Å². The van der Waals surface area contributed by atoms with Crippen LogP contribution in [0.5, 0.6) is 0 Å². The first-order valence-corrected chi connectivity index (χ1v) is 7.38. The van der Waals surface area contributed by atoms with Crippen molar-refractivity contribution < 1.29 is 8.42 Å². The van der Waals surface area contributed by atoms with Crippen LogP contribution in [0.1, 0.15) is 11.6 Å². The van der Waals surface area contributed by atoms with E-state index in [0.29, 0.717) is 4.90 Å². The lowest BCUT2D eigenvalue weighted by molar-refractivity contribution is 0.267. The van der Waals surface area contributed by atoms with E-state index < -0.39 is 9.84 Å². The van der Waals surface area contributed by atoms with Gasteiger partial charge in [-0.1, -0.05) is 18.2 Å². The molecule has 0 spiro atoms. The Labute approximate surface area is 103 Å². The SMILES string of the molecule is CNCCN(C)C1CS(=O)(=O)c2ccccc21. The fourth-order valence-electron chi connectivity index (χ4n) is 2.24. The lowest BCUT2D eigenvalue weighted by atomic mass is 10.1. The second kappa shape index (κ2) is 4.76. The Hall–Kier alpha value is -0.910. The number of benzene rings is 1. The smallest absolute Gasteiger partial charge is 0.180 e. The van der Waals surface area contributed by atoms with Crippen molar-refractivity contribution in [1.29, 1.82) is 0 Å². The zero-order valence-electron chi connectivity index (χ0n) is 10.2. The number of nitrogens with zero attached hydrogens (tertiary/aromatic N) is 1. The molecule has 17 heavy (non-hydrogen) atoms. The highest BCUT2D eigenvalue weighted by Crippen LogP contribution is 2.35. The Morgan fingerprint density at radius 3 is 2.82 bits per heavy atom. The van der Waals surface area contributed by atoms with Gasteiger partial charge in [-0.15, -0.1) is 0 Å². The molecule has 0 amide bonds. The first-order valence-electron chi connectivity index (χ1n) is 5.73. The van der Waals surface area contributed by atoms with Gasteiger partial charge in [0, 0.05) is 13.1 Å². The molecule has 2 rings (SSSR count). The van der Waals surface area contributed by atoms with Crippen LogP contribution in [0.25, 0.3) is 0 Å². The number of sulfone groups is 1. The maximum atomic E-state index is 12.0. The third-order valence-corrected chi connectivity index (χ3v) is 5.03. The largest absolute Gasteiger partial charge is 0.318 e. The number of rotatable bonds is 4. The van der Waals surface area contributed by atoms with Crippen molar-refractivity contribution in [2.24, 2.45) is 0 Å². The summed E-state index contributed by atoms with van der Waals surface area (Å²) in [6.07, 6.45) is 0. The molecule has 5 heteroatoms. The minimum atomic E-state index is -3.09. The number of likely N-dealkylation sites (N-methyl/N-ethyl adjacent to an activating group) is 2. The van der Waals surface area contributed by atoms with Gasteiger partial charge in [-0.05, 0) is 25.7 Å². The molecule has 94 valence electrons. The molecular formula is C12H18N2O2S. The van der Waals surface area contributed by atoms with Gasteiger partial charge in [0.05, 0.1) is 16.7 Å². The van der Waals surface area contributed by atoms with Gasteiger partial charge in [-0.2, -0.15) is 0 Å². The minimum absolute atomic E-state index is 0.00968. The van der Waals surface area contributed by atoms with Crippen LogP contribution >= 0.6 is 0 Å². The van der Waals surface area contributed by atoms with Crippen molar-refractivity contribution in [3.63, 3.8) is 0 Å². The second-order valence-electron chi connectivity index (χ2n) is 4.42. The van der Waals surface area contributed by atoms with Crippen molar-refractivity contribution in [2.75, 3.05) is 32.9 Å². The van der Waals surface area contributed by atoms with E-state index >= 15 is 0 Å². The van der Waals surface area contributed by atoms with Crippen LogP contribution in [0.15, 0.2) is 29.2 Å². The van der Waals surface area contributed by atoms with Gasteiger partial charge >= 0.3 is 0 Å². The van der Waals surface area contributed by atoms with Crippen LogP contribution in [-0.4, -0.2) is 46.3 Å². The molecule has 1 N–H and O–H groups in total. The lowest BCUT2D eigenvalue weighted by Crippen LogP contribution is -2.31. The van der Waals surface area contributed by atoms with Crippen LogP contribution in [0.2, 0.25) is 0 Å². The van der Waals surface area contributed by atoms with E-state index in [1.807, 2.05) is 26.2 Å². The quantitative estimate of drug-likeness (QED) is 0.858. The molecule has 1 aliphatic rings. The maximum absolute atomic E-state index is 12.0. The summed E-state index contributed by atoms with van der Waals surface area (Å²) in [5.41, 5.74) is 0.936. The topological polar surface area (TPSA) is 49.4 Å². The van der Waals surface area contributed by atoms with E-state index in [4.69, 9.17) is 0 Å². The molecule has 0 aliphatic carbocycles. The van der Waals surface area contributed by atoms with Gasteiger partial charge < -0.3 is 5.32 Å². The minimum Gasteiger partial charge on any atom is -0.318 e. The first kappa shape index (κ1) is 12.5. The van der Waals surface area contributed by atoms with Gasteiger partial charge in [0.15, 0.2) is 9.84 Å². The summed E-state index contributed by atoms with van der Waals surface area (Å²) in [4.78, 5) is 2.60. The molecule has 1 aromatic carbocycles. The Morgan fingerprint density at radius 1 is 1.41 bits per heavy atom. The molecule has 0 saturated carbocycles. The predicted octanol–water partition coefficient (Wildman–Crippen LogP) is 0.666. The molecule has 1 aromatic rings. The standard InChI is InChI=1S/C12H18N2O2S/c1-13-7-8-14(2)11-9-17(15,16)12-6-4-3-5-10(11)12/h3-6,11,13H,7-9H2,1-2H3. The summed E-state index contributed by atoms with van der Waals surface area (Å²) in [7, 11) is 0.781. The van der Waals surface area contributed by atoms with Crippen LogP contribution < -0.4 is 5.32 Å². The molecule has 1 aliphatic heterocycles. The summed E-state index contributed by atoms with van der Waals surface area (Å²) in [5.74, 6) is 0.201. The van der Waals surface area contributed by atoms with Crippen LogP contribution in [0, 0.1) is 0 Å². The van der Waals surface area contributed by atoms with Crippen molar-refractivity contribution in [3.8, 4) is 0 Å². The highest BCUT2D eigenvalue weighted by atomic mass is 32.2. The summed E-state index contributed by atoms with van der Waals surface area (Å²) in [6.45, 7) is 1.69. The van der Waals surface area contributed by atoms with Gasteiger partial charge in [0.25, 0.3) is 0 Å². The molecule has 0 aromatic heterocycles. The lowest BCUT2D eigenvalue weighted by Gasteiger charge is -2.23. The van der Waals surface area contributed by atoms with Crippen LogP contribution in [0.3, 0.4) is 0 Å². The zero-order chi connectivity index (χ0) is 12.5. The number of nitrogens with one attached hydrogen (secondary N) is 1. The van der Waals surface area contributed by atoms with Gasteiger partial charge in [0.1, 0.15) is 0 Å². The third kappa shape index (κ3) is 2.36. The monoisotopic (exact) mass is 254 g/mol. The average Bonchev–Trinajstić information content (AvgIpc) is 2.59. The normalized spacial score (nSPS) is 21.7. The van der Waals surface area contributed by atoms with E-state index in [2.05, 4.69) is 10.2 Å².